The summed E-state index contributed by atoms with van der Waals surface area (Å²) in [5.41, 5.74) is 2.38. The summed E-state index contributed by atoms with van der Waals surface area (Å²) < 4.78 is 5.65. The smallest absolute Gasteiger partial charge is 0.0742 e. The molecule has 2 rings (SSSR count). The Kier molecular flexibility index (Phi) is 1.65. The van der Waals surface area contributed by atoms with Gasteiger partial charge in [0.1, 0.15) is 0 Å². The number of ether oxygens (including phenoxy) is 1. The zero-order valence-electron chi connectivity index (χ0n) is 7.50. The third-order valence-electron chi connectivity index (χ3n) is 2.20. The van der Waals surface area contributed by atoms with E-state index in [1.165, 1.54) is 11.3 Å². The van der Waals surface area contributed by atoms with Gasteiger partial charge in [-0.3, -0.25) is 4.98 Å². The molecular weight excluding hydrogens is 150 g/mol. The fraction of sp³-hybridized carbons (Fsp3) is 0.500. The lowest BCUT2D eigenvalue weighted by atomic mass is 9.96. The molecule has 0 saturated carbocycles. The zero-order chi connectivity index (χ0) is 8.60. The van der Waals surface area contributed by atoms with Crippen molar-refractivity contribution in [2.75, 3.05) is 0 Å². The predicted octanol–water partition coefficient (Wildman–Crippen LogP) is 1.93. The van der Waals surface area contributed by atoms with Crippen molar-refractivity contribution in [2.24, 2.45) is 0 Å². The van der Waals surface area contributed by atoms with Gasteiger partial charge in [-0.25, -0.2) is 0 Å². The lowest BCUT2D eigenvalue weighted by Gasteiger charge is -2.30. The summed E-state index contributed by atoms with van der Waals surface area (Å²) in [4.78, 5) is 4.33. The van der Waals surface area contributed by atoms with Crippen molar-refractivity contribution in [3.05, 3.63) is 29.6 Å². The van der Waals surface area contributed by atoms with Crippen molar-refractivity contribution in [3.63, 3.8) is 0 Å². The van der Waals surface area contributed by atoms with E-state index < -0.39 is 0 Å². The van der Waals surface area contributed by atoms with Crippen LogP contribution in [-0.4, -0.2) is 10.6 Å². The Morgan fingerprint density at radius 2 is 2.33 bits per heavy atom. The van der Waals surface area contributed by atoms with Gasteiger partial charge in [-0.2, -0.15) is 0 Å². The molecule has 12 heavy (non-hydrogen) atoms. The summed E-state index contributed by atoms with van der Waals surface area (Å²) in [6.45, 7) is 4.91. The highest BCUT2D eigenvalue weighted by atomic mass is 16.5. The first kappa shape index (κ1) is 7.74. The molecule has 0 amide bonds. The van der Waals surface area contributed by atoms with Gasteiger partial charge in [0.05, 0.1) is 12.2 Å². The topological polar surface area (TPSA) is 22.1 Å². The molecule has 0 N–H and O–H groups in total. The molecule has 1 aliphatic heterocycles. The van der Waals surface area contributed by atoms with Crippen LogP contribution < -0.4 is 0 Å². The Hall–Kier alpha value is -0.890. The summed E-state index contributed by atoms with van der Waals surface area (Å²) in [6, 6.07) is 4.04. The maximum Gasteiger partial charge on any atom is 0.0742 e. The lowest BCUT2D eigenvalue weighted by Crippen LogP contribution is -2.32. The number of pyridine rings is 1. The lowest BCUT2D eigenvalue weighted by molar-refractivity contribution is -0.0413. The van der Waals surface area contributed by atoms with Crippen LogP contribution in [0, 0.1) is 0 Å². The van der Waals surface area contributed by atoms with Crippen molar-refractivity contribution in [2.45, 2.75) is 32.5 Å². The minimum absolute atomic E-state index is 0.0403. The van der Waals surface area contributed by atoms with Gasteiger partial charge in [-0.05, 0) is 25.5 Å². The van der Waals surface area contributed by atoms with Crippen molar-refractivity contribution < 1.29 is 4.74 Å². The number of fused-ring (bicyclic) bond motifs is 1. The highest BCUT2D eigenvalue weighted by Crippen LogP contribution is 2.25. The molecule has 0 spiro atoms. The molecule has 2 nitrogen and oxygen atoms in total. The quantitative estimate of drug-likeness (QED) is 0.583. The molecule has 2 heteroatoms. The molecule has 0 fully saturated rings. The predicted molar refractivity (Wildman–Crippen MR) is 46.8 cm³/mol. The van der Waals surface area contributed by atoms with Crippen molar-refractivity contribution in [1.82, 2.24) is 4.98 Å². The van der Waals surface area contributed by atoms with Gasteiger partial charge in [0.15, 0.2) is 0 Å². The van der Waals surface area contributed by atoms with Gasteiger partial charge in [-0.15, -0.1) is 0 Å². The summed E-state index contributed by atoms with van der Waals surface area (Å²) in [7, 11) is 0. The number of nitrogens with zero attached hydrogens (tertiary/aromatic N) is 1. The SMILES string of the molecule is CC1(C)Cc2ncccc2CO1. The van der Waals surface area contributed by atoms with Crippen LogP contribution >= 0.6 is 0 Å². The second-order valence-corrected chi connectivity index (χ2v) is 3.83. The molecular formula is C10H13NO. The average molecular weight is 163 g/mol. The van der Waals surface area contributed by atoms with Crippen molar-refractivity contribution in [3.8, 4) is 0 Å². The molecule has 0 atom stereocenters. The molecule has 0 unspecified atom stereocenters. The van der Waals surface area contributed by atoms with E-state index in [9.17, 15) is 0 Å². The summed E-state index contributed by atoms with van der Waals surface area (Å²) in [6.07, 6.45) is 2.77. The van der Waals surface area contributed by atoms with Gasteiger partial charge in [0, 0.05) is 18.3 Å². The first-order valence-corrected chi connectivity index (χ1v) is 4.24. The van der Waals surface area contributed by atoms with Crippen LogP contribution in [0.4, 0.5) is 0 Å². The number of hydrogen-bond acceptors (Lipinski definition) is 2. The Balaban J connectivity index is 2.35. The largest absolute Gasteiger partial charge is 0.370 e. The molecule has 1 aromatic heterocycles. The average Bonchev–Trinajstić information content (AvgIpc) is 2.02. The molecule has 64 valence electrons. The number of rotatable bonds is 0. The van der Waals surface area contributed by atoms with E-state index in [0.29, 0.717) is 6.61 Å². The van der Waals surface area contributed by atoms with E-state index >= 15 is 0 Å². The van der Waals surface area contributed by atoms with Gasteiger partial charge in [0.2, 0.25) is 0 Å². The maximum absolute atomic E-state index is 5.65. The number of hydrogen-bond donors (Lipinski definition) is 0. The molecule has 1 aromatic rings. The van der Waals surface area contributed by atoms with Gasteiger partial charge >= 0.3 is 0 Å². The Morgan fingerprint density at radius 1 is 1.50 bits per heavy atom. The molecule has 0 radical (unpaired) electrons. The van der Waals surface area contributed by atoms with Crippen LogP contribution in [0.15, 0.2) is 18.3 Å². The first-order valence-electron chi connectivity index (χ1n) is 4.24. The summed E-state index contributed by atoms with van der Waals surface area (Å²) in [5.74, 6) is 0. The minimum Gasteiger partial charge on any atom is -0.370 e. The maximum atomic E-state index is 5.65. The van der Waals surface area contributed by atoms with E-state index in [2.05, 4.69) is 24.9 Å². The standard InChI is InChI=1S/C10H13NO/c1-10(2)6-9-8(7-12-10)4-3-5-11-9/h3-5H,6-7H2,1-2H3. The number of aromatic nitrogens is 1. The third kappa shape index (κ3) is 1.34. The van der Waals surface area contributed by atoms with Crippen molar-refractivity contribution in [1.29, 1.82) is 0 Å². The molecule has 0 bridgehead atoms. The van der Waals surface area contributed by atoms with Crippen LogP contribution in [0.3, 0.4) is 0 Å². The van der Waals surface area contributed by atoms with E-state index in [1.54, 1.807) is 0 Å². The Labute approximate surface area is 72.6 Å². The normalized spacial score (nSPS) is 20.2. The minimum atomic E-state index is -0.0403. The van der Waals surface area contributed by atoms with E-state index in [0.717, 1.165) is 6.42 Å². The third-order valence-corrected chi connectivity index (χ3v) is 2.20. The van der Waals surface area contributed by atoms with Gasteiger partial charge in [-0.1, -0.05) is 6.07 Å². The summed E-state index contributed by atoms with van der Waals surface area (Å²) >= 11 is 0. The molecule has 0 saturated heterocycles. The van der Waals surface area contributed by atoms with E-state index in [1.807, 2.05) is 12.3 Å². The van der Waals surface area contributed by atoms with Crippen LogP contribution in [0.5, 0.6) is 0 Å². The molecule has 0 aliphatic carbocycles. The summed E-state index contributed by atoms with van der Waals surface area (Å²) in [5, 5.41) is 0. The monoisotopic (exact) mass is 163 g/mol. The van der Waals surface area contributed by atoms with Crippen LogP contribution in [0.2, 0.25) is 0 Å². The Morgan fingerprint density at radius 3 is 3.17 bits per heavy atom. The van der Waals surface area contributed by atoms with Crippen molar-refractivity contribution >= 4 is 0 Å². The van der Waals surface area contributed by atoms with Gasteiger partial charge < -0.3 is 4.74 Å². The fourth-order valence-electron chi connectivity index (χ4n) is 1.49. The molecule has 0 aromatic carbocycles. The highest BCUT2D eigenvalue weighted by Gasteiger charge is 2.26. The highest BCUT2D eigenvalue weighted by molar-refractivity contribution is 5.22. The fourth-order valence-corrected chi connectivity index (χ4v) is 1.49. The van der Waals surface area contributed by atoms with Crippen LogP contribution in [0.25, 0.3) is 0 Å². The Bertz CT molecular complexity index is 294. The first-order chi connectivity index (χ1) is 5.67. The van der Waals surface area contributed by atoms with E-state index in [-0.39, 0.29) is 5.60 Å². The molecule has 2 heterocycles. The second-order valence-electron chi connectivity index (χ2n) is 3.83. The van der Waals surface area contributed by atoms with Crippen LogP contribution in [-0.2, 0) is 17.8 Å². The van der Waals surface area contributed by atoms with Crippen LogP contribution in [0.1, 0.15) is 25.1 Å². The van der Waals surface area contributed by atoms with Gasteiger partial charge in [0.25, 0.3) is 0 Å². The second kappa shape index (κ2) is 2.56. The molecule has 1 aliphatic rings. The van der Waals surface area contributed by atoms with E-state index in [4.69, 9.17) is 4.74 Å². The zero-order valence-corrected chi connectivity index (χ0v) is 7.50.